The molecule has 0 fully saturated rings. The molecule has 0 bridgehead atoms. The molecule has 78 heavy (non-hydrogen) atoms. The largest absolute Gasteiger partial charge is 1.00 e. The Morgan fingerprint density at radius 3 is 0.974 bits per heavy atom. The van der Waals surface area contributed by atoms with E-state index in [4.69, 9.17) is 27.7 Å². The van der Waals surface area contributed by atoms with Crippen molar-refractivity contribution in [1.29, 1.82) is 0 Å². The van der Waals surface area contributed by atoms with E-state index in [-0.39, 0.29) is 80.2 Å². The van der Waals surface area contributed by atoms with Gasteiger partial charge in [-0.3, -0.25) is 0 Å². The number of carbonyl (C=O) groups is 2. The van der Waals surface area contributed by atoms with E-state index in [0.717, 1.165) is 87.1 Å². The maximum Gasteiger partial charge on any atom is 0.484 e. The molecule has 3 rings (SSSR count). The maximum atomic E-state index is 12.2. The second-order valence-electron chi connectivity index (χ2n) is 24.9. The minimum absolute atomic E-state index is 0. The molecule has 3 aromatic rings. The second-order valence-corrected chi connectivity index (χ2v) is 25.2. The number of alkyl halides is 1. The molecule has 3 aromatic carbocycles. The summed E-state index contributed by atoms with van der Waals surface area (Å²) in [5, 5.41) is 0. The van der Waals surface area contributed by atoms with E-state index in [1.165, 1.54) is 39.5 Å². The molecule has 0 aliphatic heterocycles. The first-order valence-corrected chi connectivity index (χ1v) is 27.0. The summed E-state index contributed by atoms with van der Waals surface area (Å²) in [5.41, 5.74) is 7.99. The first kappa shape index (κ1) is 84.3. The summed E-state index contributed by atoms with van der Waals surface area (Å²) < 4.78 is 15.6. The minimum atomic E-state index is -0.473. The summed E-state index contributed by atoms with van der Waals surface area (Å²) in [4.78, 5) is 27.1. The SMILES string of the molecule is C=CC(=O)OC(CC[N+](C)(C)Cc1ccc(C[N+](C)(C)C(C)C)cc1)CC[N+](C)(C)Cc1ccc(C[N+](C)(C)C(C)C)cc1.CC(C)[N+](C)(C)Cc1ccc(CCl)cc1.[CH+]=CC(=O)OC(CN(C)C)CN(C)C.[Cl-].[Cl-].[Cl-].[Cl-].[Cl-]. The Kier molecular flexibility index (Phi) is 43.0. The number of hydrogen-bond donors (Lipinski definition) is 0. The summed E-state index contributed by atoms with van der Waals surface area (Å²) in [6.07, 6.45) is 3.60. The third-order valence-electron chi connectivity index (χ3n) is 14.5. The van der Waals surface area contributed by atoms with Crippen molar-refractivity contribution >= 4 is 23.5 Å². The highest BCUT2D eigenvalue weighted by Crippen LogP contribution is 2.21. The van der Waals surface area contributed by atoms with E-state index in [2.05, 4.69) is 191 Å². The molecule has 0 spiro atoms. The summed E-state index contributed by atoms with van der Waals surface area (Å²) in [5.74, 6) is -0.205. The molecule has 11 nitrogen and oxygen atoms in total. The average Bonchev–Trinajstić information content (AvgIpc) is 3.28. The lowest BCUT2D eigenvalue weighted by molar-refractivity contribution is -0.924. The van der Waals surface area contributed by atoms with E-state index in [1.807, 2.05) is 38.0 Å². The Labute approximate surface area is 513 Å². The molecule has 0 unspecified atom stereocenters. The Balaban J connectivity index is -0.000000429. The van der Waals surface area contributed by atoms with Gasteiger partial charge >= 0.3 is 11.9 Å². The van der Waals surface area contributed by atoms with Crippen molar-refractivity contribution in [1.82, 2.24) is 9.80 Å². The predicted molar refractivity (Wildman–Crippen MR) is 308 cm³/mol. The molecule has 0 radical (unpaired) electrons. The highest BCUT2D eigenvalue weighted by atomic mass is 35.5. The smallest absolute Gasteiger partial charge is 0.484 e. The van der Waals surface area contributed by atoms with Crippen LogP contribution in [-0.2, 0) is 57.7 Å². The van der Waals surface area contributed by atoms with Crippen LogP contribution in [0.3, 0.4) is 0 Å². The van der Waals surface area contributed by atoms with E-state index in [1.54, 1.807) is 0 Å². The highest BCUT2D eigenvalue weighted by molar-refractivity contribution is 6.17. The predicted octanol–water partition coefficient (Wildman–Crippen LogP) is -5.17. The van der Waals surface area contributed by atoms with E-state index < -0.39 is 5.97 Å². The van der Waals surface area contributed by atoms with Gasteiger partial charge in [-0.1, -0.05) is 79.4 Å². The van der Waals surface area contributed by atoms with Crippen molar-refractivity contribution in [3.05, 3.63) is 131 Å². The lowest BCUT2D eigenvalue weighted by Gasteiger charge is -2.35. The number of esters is 2. The average molecular weight is 1210 g/mol. The normalized spacial score (nSPS) is 11.7. The van der Waals surface area contributed by atoms with Gasteiger partial charge in [0.1, 0.15) is 38.8 Å². The van der Waals surface area contributed by atoms with Crippen molar-refractivity contribution in [2.75, 3.05) is 125 Å². The van der Waals surface area contributed by atoms with Crippen LogP contribution in [0.25, 0.3) is 0 Å². The fourth-order valence-electron chi connectivity index (χ4n) is 7.95. The van der Waals surface area contributed by atoms with Crippen LogP contribution in [0.4, 0.5) is 0 Å². The molecule has 0 saturated heterocycles. The number of likely N-dealkylation sites (N-methyl/N-ethyl adjacent to an activating group) is 2. The fraction of sp³-hybridized carbons (Fsp3) is 0.607. The molecule has 0 amide bonds. The van der Waals surface area contributed by atoms with Crippen LogP contribution in [0.1, 0.15) is 87.8 Å². The van der Waals surface area contributed by atoms with Crippen molar-refractivity contribution in [2.24, 2.45) is 0 Å². The van der Waals surface area contributed by atoms with E-state index in [9.17, 15) is 9.59 Å². The molecule has 0 saturated carbocycles. The first-order chi connectivity index (χ1) is 33.6. The summed E-state index contributed by atoms with van der Waals surface area (Å²) in [6.45, 7) is 30.6. The molecular formula is C61H106Cl6N7O4+. The third-order valence-corrected chi connectivity index (χ3v) is 14.8. The molecule has 17 heteroatoms. The van der Waals surface area contributed by atoms with Gasteiger partial charge in [-0.05, 0) is 75.3 Å². The Bertz CT molecular complexity index is 1990. The van der Waals surface area contributed by atoms with Crippen LogP contribution < -0.4 is 62.0 Å². The number of rotatable bonds is 28. The van der Waals surface area contributed by atoms with Gasteiger partial charge in [-0.25, -0.2) is 4.79 Å². The van der Waals surface area contributed by atoms with Gasteiger partial charge in [0.25, 0.3) is 0 Å². The molecular weight excluding hydrogens is 1110 g/mol. The van der Waals surface area contributed by atoms with Crippen molar-refractivity contribution in [3.8, 4) is 0 Å². The third kappa shape index (κ3) is 35.3. The molecule has 0 aliphatic carbocycles. The highest BCUT2D eigenvalue weighted by Gasteiger charge is 2.27. The number of benzene rings is 3. The topological polar surface area (TPSA) is 59.1 Å². The van der Waals surface area contributed by atoms with Crippen molar-refractivity contribution in [3.63, 3.8) is 0 Å². The van der Waals surface area contributed by atoms with Crippen LogP contribution in [0.2, 0.25) is 0 Å². The Morgan fingerprint density at radius 1 is 0.487 bits per heavy atom. The minimum Gasteiger partial charge on any atom is -1.00 e. The van der Waals surface area contributed by atoms with Gasteiger partial charge in [-0.2, -0.15) is 0 Å². The number of halogens is 6. The Hall–Kier alpha value is -2.55. The zero-order valence-corrected chi connectivity index (χ0v) is 56.3. The lowest BCUT2D eigenvalue weighted by atomic mass is 10.1. The zero-order chi connectivity index (χ0) is 56.0. The molecule has 0 atom stereocenters. The number of hydrogen-bond acceptors (Lipinski definition) is 6. The van der Waals surface area contributed by atoms with Crippen LogP contribution >= 0.6 is 11.6 Å². The van der Waals surface area contributed by atoms with Gasteiger partial charge in [-0.15, -0.1) is 16.4 Å². The molecule has 0 heterocycles. The molecule has 0 aliphatic rings. The quantitative estimate of drug-likeness (QED) is 0.0239. The summed E-state index contributed by atoms with van der Waals surface area (Å²) >= 11 is 5.76. The van der Waals surface area contributed by atoms with Crippen LogP contribution in [0, 0.1) is 6.58 Å². The molecule has 0 aromatic heterocycles. The van der Waals surface area contributed by atoms with Crippen LogP contribution in [0.5, 0.6) is 0 Å². The van der Waals surface area contributed by atoms with Gasteiger partial charge in [0, 0.05) is 65.7 Å². The van der Waals surface area contributed by atoms with Gasteiger partial charge in [0.2, 0.25) is 6.08 Å². The molecule has 0 N–H and O–H groups in total. The van der Waals surface area contributed by atoms with E-state index in [0.29, 0.717) is 37.1 Å². The number of ether oxygens (including phenoxy) is 2. The first-order valence-electron chi connectivity index (χ1n) is 26.4. The van der Waals surface area contributed by atoms with Crippen molar-refractivity contribution < 1.29 is 104 Å². The number of carbonyl (C=O) groups excluding carboxylic acids is 2. The number of nitrogens with zero attached hydrogens (tertiary/aromatic N) is 7. The van der Waals surface area contributed by atoms with Gasteiger partial charge < -0.3 is 104 Å². The summed E-state index contributed by atoms with van der Waals surface area (Å²) in [6, 6.07) is 28.6. The van der Waals surface area contributed by atoms with Crippen LogP contribution in [-0.4, -0.2) is 199 Å². The Morgan fingerprint density at radius 2 is 0.744 bits per heavy atom. The maximum absolute atomic E-state index is 12.2. The molecule has 450 valence electrons. The van der Waals surface area contributed by atoms with Crippen molar-refractivity contribution in [2.45, 2.75) is 123 Å². The van der Waals surface area contributed by atoms with Crippen LogP contribution in [0.15, 0.2) is 91.5 Å². The van der Waals surface area contributed by atoms with Gasteiger partial charge in [0.15, 0.2) is 6.10 Å². The fourth-order valence-corrected chi connectivity index (χ4v) is 8.13. The number of quaternary nitrogens is 5. The monoisotopic (exact) mass is 1210 g/mol. The summed E-state index contributed by atoms with van der Waals surface area (Å²) in [7, 11) is 30.5. The standard InChI is InChI=1S/C38H66N4O2.C13H21ClN.C10H19N2O2.5ClH/c1-14-38(43)44-37(23-25-39(6,7)27-33-15-19-35(20-16-33)29-41(10,11)31(2)3)24-26-40(8,9)28-34-17-21-36(22-18-34)30-42(12,13)32(4)5;1-11(2)15(3,4)10-13-7-5-12(9-14)6-8-13;1-6-10(13)14-9(7-11(2)3)8-12(4)5;;;;;/h14-22,31-32,37H,1,23-30H2,2-13H3;5-8,11H,9-10H2,1-4H3;1,6,9H,7-8H2,2-5H3;5*1H/q+4;2*+1;;;;;/p-5. The lowest BCUT2D eigenvalue weighted by Crippen LogP contribution is -3.00. The second kappa shape index (κ2) is 39.8. The van der Waals surface area contributed by atoms with E-state index >= 15 is 0 Å². The zero-order valence-electron chi connectivity index (χ0n) is 51.8. The van der Waals surface area contributed by atoms with Gasteiger partial charge in [0.05, 0.1) is 108 Å².